The van der Waals surface area contributed by atoms with Gasteiger partial charge in [0.25, 0.3) is 11.5 Å². The number of para-hydroxylation sites is 1. The van der Waals surface area contributed by atoms with E-state index in [9.17, 15) is 9.59 Å². The van der Waals surface area contributed by atoms with Gasteiger partial charge in [0.05, 0.1) is 22.6 Å². The van der Waals surface area contributed by atoms with E-state index >= 15 is 0 Å². The second-order valence-electron chi connectivity index (χ2n) is 8.47. The smallest absolute Gasteiger partial charge is 0.280 e. The summed E-state index contributed by atoms with van der Waals surface area (Å²) in [5, 5.41) is 1.55. The number of hydrogen-bond donors (Lipinski definition) is 2. The molecule has 4 aromatic rings. The predicted molar refractivity (Wildman–Crippen MR) is 151 cm³/mol. The summed E-state index contributed by atoms with van der Waals surface area (Å²) in [5.41, 5.74) is 10.1. The minimum Gasteiger partial charge on any atom is -0.330 e. The van der Waals surface area contributed by atoms with Gasteiger partial charge in [0.2, 0.25) is 0 Å². The number of nitrogens with one attached hydrogen (secondary N) is 1. The van der Waals surface area contributed by atoms with Crippen molar-refractivity contribution in [3.05, 3.63) is 104 Å². The Morgan fingerprint density at radius 2 is 1.73 bits per heavy atom. The molecule has 0 bridgehead atoms. The third-order valence-corrected chi connectivity index (χ3v) is 6.58. The Balaban J connectivity index is 1.90. The second-order valence-corrected chi connectivity index (χ2v) is 9.78. The monoisotopic (exact) mass is 557 g/mol. The molecule has 1 aromatic heterocycles. The van der Waals surface area contributed by atoms with E-state index in [2.05, 4.69) is 5.43 Å². The summed E-state index contributed by atoms with van der Waals surface area (Å²) in [4.78, 5) is 34.0. The molecule has 0 aliphatic rings. The van der Waals surface area contributed by atoms with Crippen molar-refractivity contribution in [2.75, 3.05) is 18.5 Å². The van der Waals surface area contributed by atoms with Crippen LogP contribution in [0.15, 0.2) is 71.5 Å². The van der Waals surface area contributed by atoms with Crippen LogP contribution >= 0.6 is 34.8 Å². The van der Waals surface area contributed by atoms with E-state index in [1.165, 1.54) is 4.68 Å². The summed E-state index contributed by atoms with van der Waals surface area (Å²) in [6.45, 7) is 2.65. The predicted octanol–water partition coefficient (Wildman–Crippen LogP) is 6.17. The first-order valence-corrected chi connectivity index (χ1v) is 13.0. The maximum atomic E-state index is 13.8. The van der Waals surface area contributed by atoms with Crippen LogP contribution in [0.4, 0.5) is 5.69 Å². The highest BCUT2D eigenvalue weighted by Gasteiger charge is 2.29. The third kappa shape index (κ3) is 6.08. The van der Waals surface area contributed by atoms with Crippen LogP contribution in [0, 0.1) is 0 Å². The fourth-order valence-corrected chi connectivity index (χ4v) is 4.89. The van der Waals surface area contributed by atoms with E-state index in [0.717, 1.165) is 0 Å². The van der Waals surface area contributed by atoms with Crippen LogP contribution in [0.5, 0.6) is 0 Å². The third-order valence-electron chi connectivity index (χ3n) is 5.91. The average molecular weight is 559 g/mol. The molecule has 1 heterocycles. The van der Waals surface area contributed by atoms with E-state index in [-0.39, 0.29) is 11.5 Å². The van der Waals surface area contributed by atoms with Crippen LogP contribution in [-0.4, -0.2) is 33.6 Å². The molecule has 3 aromatic carbocycles. The summed E-state index contributed by atoms with van der Waals surface area (Å²) in [6.07, 6.45) is 1.02. The molecule has 0 aliphatic carbocycles. The van der Waals surface area contributed by atoms with Crippen LogP contribution in [0.25, 0.3) is 10.9 Å². The van der Waals surface area contributed by atoms with Crippen LogP contribution in [0.3, 0.4) is 0 Å². The molecule has 1 atom stereocenters. The normalized spacial score (nSPS) is 11.9. The molecule has 0 fully saturated rings. The summed E-state index contributed by atoms with van der Waals surface area (Å²) >= 11 is 18.6. The number of fused-ring (bicyclic) bond motifs is 1. The van der Waals surface area contributed by atoms with Crippen molar-refractivity contribution in [1.29, 1.82) is 0 Å². The Hall–Kier alpha value is -3.10. The van der Waals surface area contributed by atoms with Crippen molar-refractivity contribution >= 4 is 57.3 Å². The van der Waals surface area contributed by atoms with Gasteiger partial charge < -0.3 is 10.6 Å². The van der Waals surface area contributed by atoms with Crippen LogP contribution in [0.1, 0.15) is 42.0 Å². The number of aromatic nitrogens is 2. The van der Waals surface area contributed by atoms with Crippen LogP contribution < -0.4 is 16.7 Å². The zero-order valence-corrected chi connectivity index (χ0v) is 22.4. The molecule has 1 unspecified atom stereocenters. The number of rotatable bonds is 9. The molecule has 0 aliphatic heterocycles. The zero-order chi connectivity index (χ0) is 26.5. The second kappa shape index (κ2) is 12.0. The largest absolute Gasteiger partial charge is 0.330 e. The quantitative estimate of drug-likeness (QED) is 0.256. The lowest BCUT2D eigenvalue weighted by Crippen LogP contribution is -2.41. The topological polar surface area (TPSA) is 93.2 Å². The number of nitrogens with zero attached hydrogens (tertiary/aromatic N) is 3. The molecule has 0 spiro atoms. The number of anilines is 1. The summed E-state index contributed by atoms with van der Waals surface area (Å²) in [5.74, 6) is 0.0704. The maximum Gasteiger partial charge on any atom is 0.280 e. The van der Waals surface area contributed by atoms with Gasteiger partial charge in [0, 0.05) is 27.2 Å². The van der Waals surface area contributed by atoms with Crippen molar-refractivity contribution in [2.45, 2.75) is 25.8 Å². The summed E-state index contributed by atoms with van der Waals surface area (Å²) < 4.78 is 1.40. The Morgan fingerprint density at radius 3 is 2.38 bits per heavy atom. The van der Waals surface area contributed by atoms with E-state index in [0.29, 0.717) is 69.0 Å². The first-order chi connectivity index (χ1) is 17.8. The number of carbonyl (C=O) groups excluding carboxylic acids is 1. The lowest BCUT2D eigenvalue weighted by atomic mass is 10.1. The zero-order valence-electron chi connectivity index (χ0n) is 20.1. The SMILES string of the molecule is CCC(c1nc2cc(Cl)ccc2c(=O)n1Nc1ccccc1)N(CCCN)C(=O)c1cc(Cl)cc(Cl)c1. The van der Waals surface area contributed by atoms with E-state index in [4.69, 9.17) is 45.5 Å². The molecule has 1 amide bonds. The number of halogens is 3. The molecule has 37 heavy (non-hydrogen) atoms. The standard InChI is InChI=1S/C27H26Cl3N5O2/c1-2-24(34(12-6-11-31)26(36)17-13-19(29)15-20(30)14-17)25-32-23-16-18(28)9-10-22(23)27(37)35(25)33-21-7-4-3-5-8-21/h3-5,7-10,13-16,24,33H,2,6,11-12,31H2,1H3. The molecule has 3 N–H and O–H groups in total. The van der Waals surface area contributed by atoms with Gasteiger partial charge >= 0.3 is 0 Å². The van der Waals surface area contributed by atoms with E-state index in [1.54, 1.807) is 41.3 Å². The highest BCUT2D eigenvalue weighted by atomic mass is 35.5. The van der Waals surface area contributed by atoms with Crippen molar-refractivity contribution in [3.63, 3.8) is 0 Å². The molecule has 0 radical (unpaired) electrons. The van der Waals surface area contributed by atoms with Crippen molar-refractivity contribution in [1.82, 2.24) is 14.6 Å². The molecule has 4 rings (SSSR count). The molecular weight excluding hydrogens is 533 g/mol. The Kier molecular flexibility index (Phi) is 8.71. The van der Waals surface area contributed by atoms with Gasteiger partial charge in [0.1, 0.15) is 0 Å². The number of benzene rings is 3. The highest BCUT2D eigenvalue weighted by molar-refractivity contribution is 6.35. The van der Waals surface area contributed by atoms with Gasteiger partial charge in [-0.2, -0.15) is 0 Å². The first kappa shape index (κ1) is 26.9. The Bertz CT molecular complexity index is 1460. The van der Waals surface area contributed by atoms with Crippen molar-refractivity contribution < 1.29 is 4.79 Å². The number of nitrogens with two attached hydrogens (primary N) is 1. The van der Waals surface area contributed by atoms with E-state index < -0.39 is 6.04 Å². The molecular formula is C27H26Cl3N5O2. The molecule has 0 saturated heterocycles. The Labute approximate surface area is 229 Å². The maximum absolute atomic E-state index is 13.8. The van der Waals surface area contributed by atoms with Gasteiger partial charge in [-0.05, 0) is 67.9 Å². The summed E-state index contributed by atoms with van der Waals surface area (Å²) in [6, 6.07) is 18.4. The lowest BCUT2D eigenvalue weighted by Gasteiger charge is -2.32. The van der Waals surface area contributed by atoms with Gasteiger partial charge in [-0.15, -0.1) is 0 Å². The minimum atomic E-state index is -0.580. The molecule has 7 nitrogen and oxygen atoms in total. The number of hydrogen-bond acceptors (Lipinski definition) is 5. The van der Waals surface area contributed by atoms with Crippen molar-refractivity contribution in [2.24, 2.45) is 5.73 Å². The fourth-order valence-electron chi connectivity index (χ4n) is 4.20. The number of carbonyl (C=O) groups is 1. The van der Waals surface area contributed by atoms with E-state index in [1.807, 2.05) is 37.3 Å². The van der Waals surface area contributed by atoms with Gasteiger partial charge in [0.15, 0.2) is 5.82 Å². The van der Waals surface area contributed by atoms with Crippen LogP contribution in [-0.2, 0) is 0 Å². The number of amides is 1. The van der Waals surface area contributed by atoms with Gasteiger partial charge in [-0.25, -0.2) is 9.66 Å². The molecule has 10 heteroatoms. The van der Waals surface area contributed by atoms with Gasteiger partial charge in [-0.1, -0.05) is 59.9 Å². The van der Waals surface area contributed by atoms with Crippen molar-refractivity contribution in [3.8, 4) is 0 Å². The van der Waals surface area contributed by atoms with Gasteiger partial charge in [-0.3, -0.25) is 15.0 Å². The first-order valence-electron chi connectivity index (χ1n) is 11.8. The molecule has 192 valence electrons. The van der Waals surface area contributed by atoms with Crippen LogP contribution in [0.2, 0.25) is 15.1 Å². The fraction of sp³-hybridized carbons (Fsp3) is 0.222. The minimum absolute atomic E-state index is 0.295. The summed E-state index contributed by atoms with van der Waals surface area (Å²) in [7, 11) is 0. The Morgan fingerprint density at radius 1 is 1.03 bits per heavy atom. The average Bonchev–Trinajstić information content (AvgIpc) is 2.88. The molecule has 0 saturated carbocycles. The lowest BCUT2D eigenvalue weighted by molar-refractivity contribution is 0.0657. The highest BCUT2D eigenvalue weighted by Crippen LogP contribution is 2.28.